The van der Waals surface area contributed by atoms with E-state index in [1.54, 1.807) is 17.1 Å². The molecule has 3 rings (SSSR count). The summed E-state index contributed by atoms with van der Waals surface area (Å²) in [6.45, 7) is 1.19. The number of nitrogens with one attached hydrogen (secondary N) is 3. The Hall–Kier alpha value is -2.21. The number of rotatable bonds is 5. The molecule has 0 spiro atoms. The van der Waals surface area contributed by atoms with E-state index in [9.17, 15) is 13.2 Å². The van der Waals surface area contributed by atoms with Crippen molar-refractivity contribution in [2.24, 2.45) is 5.92 Å². The van der Waals surface area contributed by atoms with E-state index in [1.807, 2.05) is 24.3 Å². The van der Waals surface area contributed by atoms with Crippen LogP contribution in [0.15, 0.2) is 36.7 Å². The first kappa shape index (κ1) is 22.5. The molecule has 1 fully saturated rings. The highest BCUT2D eigenvalue weighted by Crippen LogP contribution is 2.18. The zero-order valence-electron chi connectivity index (χ0n) is 16.3. The standard InChI is InChI=1S/C18H23ClN6O3S2/c1-30(27,28)25-8-2-3-14(11-25)17(26)22-23-18(29)21-16-9-20-24(12-16)10-13-4-6-15(19)7-5-13/h4-7,9,12,14H,2-3,8,10-11H2,1H3,(H,22,26)(H2,21,23,29)/t14-/m1/s1. The molecule has 1 atom stereocenters. The van der Waals surface area contributed by atoms with Gasteiger partial charge in [-0.2, -0.15) is 5.10 Å². The van der Waals surface area contributed by atoms with Gasteiger partial charge >= 0.3 is 0 Å². The van der Waals surface area contributed by atoms with Crippen molar-refractivity contribution in [1.82, 2.24) is 24.9 Å². The molecule has 0 radical (unpaired) electrons. The van der Waals surface area contributed by atoms with Gasteiger partial charge in [-0.3, -0.25) is 20.3 Å². The number of amides is 1. The van der Waals surface area contributed by atoms with E-state index in [2.05, 4.69) is 21.3 Å². The molecule has 1 aliphatic rings. The number of carbonyl (C=O) groups excluding carboxylic acids is 1. The first-order chi connectivity index (χ1) is 14.2. The third-order valence-corrected chi connectivity index (χ3v) is 6.40. The average molecular weight is 471 g/mol. The lowest BCUT2D eigenvalue weighted by molar-refractivity contribution is -0.126. The number of nitrogens with zero attached hydrogens (tertiary/aromatic N) is 3. The van der Waals surface area contributed by atoms with Gasteiger partial charge in [0.25, 0.3) is 0 Å². The predicted molar refractivity (Wildman–Crippen MR) is 119 cm³/mol. The van der Waals surface area contributed by atoms with Gasteiger partial charge in [0, 0.05) is 24.3 Å². The van der Waals surface area contributed by atoms with E-state index >= 15 is 0 Å². The second-order valence-electron chi connectivity index (χ2n) is 7.08. The molecule has 30 heavy (non-hydrogen) atoms. The molecule has 2 aromatic rings. The maximum Gasteiger partial charge on any atom is 0.242 e. The Bertz CT molecular complexity index is 1010. The third-order valence-electron chi connectivity index (χ3n) is 4.67. The van der Waals surface area contributed by atoms with Crippen LogP contribution in [0.4, 0.5) is 5.69 Å². The zero-order chi connectivity index (χ0) is 21.7. The summed E-state index contributed by atoms with van der Waals surface area (Å²) in [5, 5.41) is 8.09. The molecule has 2 heterocycles. The number of hydrogen-bond donors (Lipinski definition) is 3. The maximum atomic E-state index is 12.4. The number of halogens is 1. The minimum atomic E-state index is -3.31. The largest absolute Gasteiger partial charge is 0.329 e. The smallest absolute Gasteiger partial charge is 0.242 e. The van der Waals surface area contributed by atoms with Gasteiger partial charge in [-0.05, 0) is 42.8 Å². The molecular formula is C18H23ClN6O3S2. The Balaban J connectivity index is 1.46. The Kier molecular flexibility index (Phi) is 7.29. The summed E-state index contributed by atoms with van der Waals surface area (Å²) in [7, 11) is -3.31. The van der Waals surface area contributed by atoms with Gasteiger partial charge in [0.2, 0.25) is 15.9 Å². The maximum absolute atomic E-state index is 12.4. The lowest BCUT2D eigenvalue weighted by Crippen LogP contribution is -2.50. The van der Waals surface area contributed by atoms with Crippen molar-refractivity contribution in [3.63, 3.8) is 0 Å². The summed E-state index contributed by atoms with van der Waals surface area (Å²) in [4.78, 5) is 12.4. The zero-order valence-corrected chi connectivity index (χ0v) is 18.7. The molecule has 1 aliphatic heterocycles. The van der Waals surface area contributed by atoms with Crippen LogP contribution in [0, 0.1) is 5.92 Å². The second-order valence-corrected chi connectivity index (χ2v) is 9.91. The van der Waals surface area contributed by atoms with Crippen molar-refractivity contribution in [3.05, 3.63) is 47.2 Å². The normalized spacial score (nSPS) is 17.3. The monoisotopic (exact) mass is 470 g/mol. The minimum Gasteiger partial charge on any atom is -0.329 e. The molecule has 1 saturated heterocycles. The SMILES string of the molecule is CS(=O)(=O)N1CCC[C@@H](C(=O)NNC(=S)Nc2cnn(Cc3ccc(Cl)cc3)c2)C1. The molecule has 0 unspecified atom stereocenters. The molecule has 3 N–H and O–H groups in total. The van der Waals surface area contributed by atoms with Gasteiger partial charge in [-0.25, -0.2) is 12.7 Å². The fourth-order valence-corrected chi connectivity index (χ4v) is 4.34. The molecule has 12 heteroatoms. The van der Waals surface area contributed by atoms with Crippen LogP contribution in [-0.4, -0.2) is 52.9 Å². The fourth-order valence-electron chi connectivity index (χ4n) is 3.13. The topological polar surface area (TPSA) is 108 Å². The van der Waals surface area contributed by atoms with Gasteiger partial charge in [0.15, 0.2) is 5.11 Å². The van der Waals surface area contributed by atoms with Crippen LogP contribution in [0.25, 0.3) is 0 Å². The number of sulfonamides is 1. The van der Waals surface area contributed by atoms with Crippen LogP contribution in [-0.2, 0) is 21.4 Å². The van der Waals surface area contributed by atoms with Crippen LogP contribution >= 0.6 is 23.8 Å². The lowest BCUT2D eigenvalue weighted by Gasteiger charge is -2.30. The Morgan fingerprint density at radius 2 is 2.03 bits per heavy atom. The molecule has 1 aromatic heterocycles. The predicted octanol–water partition coefficient (Wildman–Crippen LogP) is 1.57. The quantitative estimate of drug-likeness (QED) is 0.449. The highest BCUT2D eigenvalue weighted by molar-refractivity contribution is 7.88. The third kappa shape index (κ3) is 6.39. The summed E-state index contributed by atoms with van der Waals surface area (Å²) in [5.74, 6) is -0.725. The molecular weight excluding hydrogens is 448 g/mol. The molecule has 0 saturated carbocycles. The van der Waals surface area contributed by atoms with E-state index in [0.717, 1.165) is 11.8 Å². The van der Waals surface area contributed by atoms with Crippen LogP contribution in [0.2, 0.25) is 5.02 Å². The van der Waals surface area contributed by atoms with Gasteiger partial charge < -0.3 is 5.32 Å². The van der Waals surface area contributed by atoms with Crippen molar-refractivity contribution in [1.29, 1.82) is 0 Å². The second kappa shape index (κ2) is 9.73. The Morgan fingerprint density at radius 3 is 2.73 bits per heavy atom. The van der Waals surface area contributed by atoms with Crippen molar-refractivity contribution in [2.75, 3.05) is 24.7 Å². The number of carbonyl (C=O) groups is 1. The molecule has 0 aliphatic carbocycles. The first-order valence-corrected chi connectivity index (χ1v) is 11.9. The number of piperidine rings is 1. The summed E-state index contributed by atoms with van der Waals surface area (Å²) in [6, 6.07) is 7.50. The molecule has 1 aromatic carbocycles. The number of benzene rings is 1. The number of anilines is 1. The van der Waals surface area contributed by atoms with E-state index < -0.39 is 15.9 Å². The van der Waals surface area contributed by atoms with Crippen LogP contribution < -0.4 is 16.2 Å². The fraction of sp³-hybridized carbons (Fsp3) is 0.389. The number of thiocarbonyl (C=S) groups is 1. The van der Waals surface area contributed by atoms with E-state index in [-0.39, 0.29) is 17.6 Å². The van der Waals surface area contributed by atoms with Crippen molar-refractivity contribution >= 4 is 50.5 Å². The average Bonchev–Trinajstić information content (AvgIpc) is 3.14. The molecule has 162 valence electrons. The Morgan fingerprint density at radius 1 is 1.30 bits per heavy atom. The van der Waals surface area contributed by atoms with Gasteiger partial charge in [-0.15, -0.1) is 0 Å². The number of aromatic nitrogens is 2. The van der Waals surface area contributed by atoms with Crippen molar-refractivity contribution < 1.29 is 13.2 Å². The number of hydrogen-bond acceptors (Lipinski definition) is 5. The summed E-state index contributed by atoms with van der Waals surface area (Å²) in [6.07, 6.45) is 5.82. The Labute approximate surface area is 185 Å². The van der Waals surface area contributed by atoms with Crippen molar-refractivity contribution in [2.45, 2.75) is 19.4 Å². The summed E-state index contributed by atoms with van der Waals surface area (Å²) in [5.41, 5.74) is 6.91. The first-order valence-electron chi connectivity index (χ1n) is 9.29. The van der Waals surface area contributed by atoms with E-state index in [4.69, 9.17) is 23.8 Å². The lowest BCUT2D eigenvalue weighted by atomic mass is 9.99. The van der Waals surface area contributed by atoms with Gasteiger partial charge in [0.05, 0.1) is 30.6 Å². The van der Waals surface area contributed by atoms with Gasteiger partial charge in [0.1, 0.15) is 0 Å². The van der Waals surface area contributed by atoms with Crippen LogP contribution in [0.5, 0.6) is 0 Å². The van der Waals surface area contributed by atoms with Crippen LogP contribution in [0.3, 0.4) is 0 Å². The van der Waals surface area contributed by atoms with E-state index in [1.165, 1.54) is 4.31 Å². The highest BCUT2D eigenvalue weighted by Gasteiger charge is 2.30. The highest BCUT2D eigenvalue weighted by atomic mass is 35.5. The minimum absolute atomic E-state index is 0.171. The summed E-state index contributed by atoms with van der Waals surface area (Å²) < 4.78 is 26.5. The number of hydrazine groups is 1. The molecule has 0 bridgehead atoms. The molecule has 9 nitrogen and oxygen atoms in total. The van der Waals surface area contributed by atoms with Crippen LogP contribution in [0.1, 0.15) is 18.4 Å². The summed E-state index contributed by atoms with van der Waals surface area (Å²) >= 11 is 11.1. The molecule has 1 amide bonds. The van der Waals surface area contributed by atoms with E-state index in [0.29, 0.717) is 36.6 Å². The van der Waals surface area contributed by atoms with Gasteiger partial charge in [-0.1, -0.05) is 23.7 Å². The van der Waals surface area contributed by atoms with Crippen molar-refractivity contribution in [3.8, 4) is 0 Å².